The molecule has 1 heterocycles. The molecule has 5 heteroatoms. The minimum Gasteiger partial charge on any atom is -0.479 e. The van der Waals surface area contributed by atoms with Gasteiger partial charge in [0.1, 0.15) is 0 Å². The van der Waals surface area contributed by atoms with Crippen LogP contribution in [0.1, 0.15) is 12.6 Å². The lowest BCUT2D eigenvalue weighted by molar-refractivity contribution is -0.149. The number of hydrogen-bond acceptors (Lipinski definition) is 3. The van der Waals surface area contributed by atoms with E-state index < -0.39 is 12.1 Å². The van der Waals surface area contributed by atoms with Gasteiger partial charge in [-0.05, 0) is 25.1 Å². The lowest BCUT2D eigenvalue weighted by Gasteiger charge is -2.06. The Bertz CT molecular complexity index is 522. The third-order valence-electron chi connectivity index (χ3n) is 2.49. The molecule has 94 valence electrons. The smallest absolute Gasteiger partial charge is 0.332 e. The summed E-state index contributed by atoms with van der Waals surface area (Å²) in [6.45, 7) is 1.68. The maximum absolute atomic E-state index is 10.6. The van der Waals surface area contributed by atoms with E-state index in [9.17, 15) is 4.79 Å². The van der Waals surface area contributed by atoms with Crippen molar-refractivity contribution in [2.45, 2.75) is 19.6 Å². The molecular formula is C13H14N2O3. The largest absolute Gasteiger partial charge is 0.479 e. The third-order valence-corrected chi connectivity index (χ3v) is 2.49. The Kier molecular flexibility index (Phi) is 3.74. The SMILES string of the molecule is CC(OCc1ccn(-c2ccccc2)n1)C(=O)O. The van der Waals surface area contributed by atoms with Gasteiger partial charge in [0.15, 0.2) is 6.10 Å². The normalized spacial score (nSPS) is 12.3. The Hall–Kier alpha value is -2.14. The Morgan fingerprint density at radius 2 is 2.11 bits per heavy atom. The van der Waals surface area contributed by atoms with Crippen molar-refractivity contribution < 1.29 is 14.6 Å². The second-order valence-electron chi connectivity index (χ2n) is 3.88. The Balaban J connectivity index is 2.01. The molecule has 0 aliphatic heterocycles. The highest BCUT2D eigenvalue weighted by molar-refractivity contribution is 5.71. The standard InChI is InChI=1S/C13H14N2O3/c1-10(13(16)17)18-9-11-7-8-15(14-11)12-5-3-2-4-6-12/h2-8,10H,9H2,1H3,(H,16,17). The molecule has 0 amide bonds. The number of para-hydroxylation sites is 1. The van der Waals surface area contributed by atoms with E-state index in [0.29, 0.717) is 5.69 Å². The summed E-state index contributed by atoms with van der Waals surface area (Å²) in [5, 5.41) is 13.0. The van der Waals surface area contributed by atoms with Gasteiger partial charge in [0.05, 0.1) is 18.0 Å². The molecule has 0 radical (unpaired) electrons. The first kappa shape index (κ1) is 12.3. The second-order valence-corrected chi connectivity index (χ2v) is 3.88. The molecule has 1 atom stereocenters. The molecule has 2 rings (SSSR count). The van der Waals surface area contributed by atoms with Crippen LogP contribution in [0.15, 0.2) is 42.6 Å². The summed E-state index contributed by atoms with van der Waals surface area (Å²) >= 11 is 0. The third kappa shape index (κ3) is 2.95. The number of rotatable bonds is 5. The summed E-state index contributed by atoms with van der Waals surface area (Å²) in [6, 6.07) is 11.5. The predicted molar refractivity (Wildman–Crippen MR) is 65.5 cm³/mol. The fourth-order valence-electron chi connectivity index (χ4n) is 1.44. The van der Waals surface area contributed by atoms with Crippen LogP contribution in [0.25, 0.3) is 5.69 Å². The van der Waals surface area contributed by atoms with Crippen molar-refractivity contribution in [3.8, 4) is 5.69 Å². The van der Waals surface area contributed by atoms with Gasteiger partial charge in [-0.25, -0.2) is 9.48 Å². The molecule has 0 aliphatic carbocycles. The number of carboxylic acids is 1. The molecule has 5 nitrogen and oxygen atoms in total. The van der Waals surface area contributed by atoms with Crippen LogP contribution in [0.3, 0.4) is 0 Å². The highest BCUT2D eigenvalue weighted by Gasteiger charge is 2.11. The summed E-state index contributed by atoms with van der Waals surface area (Å²) in [6.07, 6.45) is 0.992. The van der Waals surface area contributed by atoms with E-state index in [2.05, 4.69) is 5.10 Å². The van der Waals surface area contributed by atoms with E-state index in [-0.39, 0.29) is 6.61 Å². The maximum atomic E-state index is 10.6. The van der Waals surface area contributed by atoms with Crippen LogP contribution in [-0.4, -0.2) is 27.0 Å². The first-order valence-corrected chi connectivity index (χ1v) is 5.61. The minimum atomic E-state index is -0.975. The molecule has 0 bridgehead atoms. The van der Waals surface area contributed by atoms with E-state index in [4.69, 9.17) is 9.84 Å². The van der Waals surface area contributed by atoms with Crippen molar-refractivity contribution >= 4 is 5.97 Å². The van der Waals surface area contributed by atoms with Crippen LogP contribution >= 0.6 is 0 Å². The van der Waals surface area contributed by atoms with Gasteiger partial charge in [0.2, 0.25) is 0 Å². The average Bonchev–Trinajstić information content (AvgIpc) is 2.85. The van der Waals surface area contributed by atoms with Gasteiger partial charge in [0.25, 0.3) is 0 Å². The molecule has 1 aromatic carbocycles. The molecule has 18 heavy (non-hydrogen) atoms. The Morgan fingerprint density at radius 3 is 2.78 bits per heavy atom. The van der Waals surface area contributed by atoms with Gasteiger partial charge in [-0.2, -0.15) is 5.10 Å². The van der Waals surface area contributed by atoms with Gasteiger partial charge in [-0.3, -0.25) is 0 Å². The molecule has 0 saturated heterocycles. The number of nitrogens with zero attached hydrogens (tertiary/aromatic N) is 2. The number of aliphatic carboxylic acids is 1. The van der Waals surface area contributed by atoms with Gasteiger partial charge >= 0.3 is 5.97 Å². The van der Waals surface area contributed by atoms with Crippen molar-refractivity contribution in [3.05, 3.63) is 48.3 Å². The Morgan fingerprint density at radius 1 is 1.39 bits per heavy atom. The molecule has 0 saturated carbocycles. The van der Waals surface area contributed by atoms with Gasteiger partial charge in [0, 0.05) is 6.20 Å². The lowest BCUT2D eigenvalue weighted by atomic mass is 10.3. The number of carbonyl (C=O) groups is 1. The Labute approximate surface area is 105 Å². The average molecular weight is 246 g/mol. The number of carboxylic acid groups (broad SMARTS) is 1. The number of aromatic nitrogens is 2. The van der Waals surface area contributed by atoms with E-state index in [1.165, 1.54) is 6.92 Å². The minimum absolute atomic E-state index is 0.188. The van der Waals surface area contributed by atoms with E-state index in [0.717, 1.165) is 5.69 Å². The van der Waals surface area contributed by atoms with Crippen LogP contribution in [0, 0.1) is 0 Å². The van der Waals surface area contributed by atoms with Crippen molar-refractivity contribution in [2.75, 3.05) is 0 Å². The van der Waals surface area contributed by atoms with Crippen LogP contribution < -0.4 is 0 Å². The predicted octanol–water partition coefficient (Wildman–Crippen LogP) is 1.86. The fraction of sp³-hybridized carbons (Fsp3) is 0.231. The first-order chi connectivity index (χ1) is 8.66. The quantitative estimate of drug-likeness (QED) is 0.874. The first-order valence-electron chi connectivity index (χ1n) is 5.61. The zero-order valence-corrected chi connectivity index (χ0v) is 9.98. The highest BCUT2D eigenvalue weighted by atomic mass is 16.5. The summed E-state index contributed by atoms with van der Waals surface area (Å²) in [5.41, 5.74) is 1.65. The zero-order valence-electron chi connectivity index (χ0n) is 9.98. The number of hydrogen-bond donors (Lipinski definition) is 1. The van der Waals surface area contributed by atoms with E-state index >= 15 is 0 Å². The van der Waals surface area contributed by atoms with E-state index in [1.807, 2.05) is 42.6 Å². The van der Waals surface area contributed by atoms with Crippen LogP contribution in [0.5, 0.6) is 0 Å². The molecule has 2 aromatic rings. The topological polar surface area (TPSA) is 64.4 Å². The monoisotopic (exact) mass is 246 g/mol. The van der Waals surface area contributed by atoms with Crippen molar-refractivity contribution in [1.29, 1.82) is 0 Å². The summed E-state index contributed by atoms with van der Waals surface area (Å²) in [5.74, 6) is -0.975. The van der Waals surface area contributed by atoms with Crippen molar-refractivity contribution in [1.82, 2.24) is 9.78 Å². The number of ether oxygens (including phenoxy) is 1. The zero-order chi connectivity index (χ0) is 13.0. The molecule has 1 aromatic heterocycles. The van der Waals surface area contributed by atoms with Crippen molar-refractivity contribution in [3.63, 3.8) is 0 Å². The van der Waals surface area contributed by atoms with E-state index in [1.54, 1.807) is 4.68 Å². The highest BCUT2D eigenvalue weighted by Crippen LogP contribution is 2.08. The number of benzene rings is 1. The molecule has 0 spiro atoms. The molecule has 1 N–H and O–H groups in total. The van der Waals surface area contributed by atoms with Crippen molar-refractivity contribution in [2.24, 2.45) is 0 Å². The fourth-order valence-corrected chi connectivity index (χ4v) is 1.44. The molecule has 0 fully saturated rings. The molecule has 1 unspecified atom stereocenters. The van der Waals surface area contributed by atoms with Crippen LogP contribution in [-0.2, 0) is 16.1 Å². The molecule has 0 aliphatic rings. The van der Waals surface area contributed by atoms with Gasteiger partial charge in [-0.1, -0.05) is 18.2 Å². The summed E-state index contributed by atoms with van der Waals surface area (Å²) in [7, 11) is 0. The van der Waals surface area contributed by atoms with Crippen LogP contribution in [0.2, 0.25) is 0 Å². The summed E-state index contributed by atoms with van der Waals surface area (Å²) in [4.78, 5) is 10.6. The second kappa shape index (κ2) is 5.46. The summed E-state index contributed by atoms with van der Waals surface area (Å²) < 4.78 is 6.89. The van der Waals surface area contributed by atoms with Gasteiger partial charge < -0.3 is 9.84 Å². The maximum Gasteiger partial charge on any atom is 0.332 e. The lowest BCUT2D eigenvalue weighted by Crippen LogP contribution is -2.19. The van der Waals surface area contributed by atoms with Gasteiger partial charge in [-0.15, -0.1) is 0 Å². The molecular weight excluding hydrogens is 232 g/mol. The van der Waals surface area contributed by atoms with Crippen LogP contribution in [0.4, 0.5) is 0 Å².